The molecule has 1 aromatic carbocycles. The Bertz CT molecular complexity index is 344. The van der Waals surface area contributed by atoms with Gasteiger partial charge in [-0.05, 0) is 36.1 Å². The Morgan fingerprint density at radius 2 is 2.14 bits per heavy atom. The molecule has 0 fully saturated rings. The van der Waals surface area contributed by atoms with Crippen LogP contribution in [0.2, 0.25) is 0 Å². The van der Waals surface area contributed by atoms with Crippen LogP contribution in [0.1, 0.15) is 36.5 Å². The molecule has 14 heavy (non-hydrogen) atoms. The van der Waals surface area contributed by atoms with Crippen LogP contribution in [0.5, 0.6) is 0 Å². The fourth-order valence-electron chi connectivity index (χ4n) is 1.57. The topological polar surface area (TPSA) is 17.1 Å². The first-order valence-corrected chi connectivity index (χ1v) is 4.84. The lowest BCUT2D eigenvalue weighted by Crippen LogP contribution is -2.01. The predicted octanol–water partition coefficient (Wildman–Crippen LogP) is 3.00. The van der Waals surface area contributed by atoms with Crippen molar-refractivity contribution in [3.05, 3.63) is 34.6 Å². The van der Waals surface area contributed by atoms with E-state index in [1.54, 1.807) is 6.07 Å². The van der Waals surface area contributed by atoms with Crippen molar-refractivity contribution in [2.24, 2.45) is 0 Å². The normalized spacial score (nSPS) is 12.6. The van der Waals surface area contributed by atoms with E-state index < -0.39 is 0 Å². The average molecular weight is 194 g/mol. The zero-order valence-electron chi connectivity index (χ0n) is 8.80. The van der Waals surface area contributed by atoms with Crippen molar-refractivity contribution in [1.29, 1.82) is 0 Å². The van der Waals surface area contributed by atoms with Gasteiger partial charge < -0.3 is 4.79 Å². The summed E-state index contributed by atoms with van der Waals surface area (Å²) in [6.45, 7) is 5.56. The molecule has 0 N–H and O–H groups in total. The number of rotatable bonds is 3. The second-order valence-electron chi connectivity index (χ2n) is 3.58. The highest BCUT2D eigenvalue weighted by molar-refractivity contribution is 5.62. The van der Waals surface area contributed by atoms with Crippen LogP contribution in [0, 0.1) is 12.7 Å². The molecule has 0 spiro atoms. The third-order valence-corrected chi connectivity index (χ3v) is 2.51. The fraction of sp³-hybridized carbons (Fsp3) is 0.417. The second-order valence-corrected chi connectivity index (χ2v) is 3.58. The number of benzene rings is 1. The lowest BCUT2D eigenvalue weighted by molar-refractivity contribution is -0.108. The minimum atomic E-state index is -0.174. The Kier molecular flexibility index (Phi) is 3.39. The number of aryl methyl sites for hydroxylation is 2. The quantitative estimate of drug-likeness (QED) is 0.676. The van der Waals surface area contributed by atoms with Crippen molar-refractivity contribution < 1.29 is 9.18 Å². The molecule has 1 atom stereocenters. The van der Waals surface area contributed by atoms with E-state index in [1.165, 1.54) is 6.07 Å². The number of hydrogen-bond donors (Lipinski definition) is 0. The van der Waals surface area contributed by atoms with Gasteiger partial charge in [0.1, 0.15) is 12.1 Å². The standard InChI is InChI=1S/C12H15FO/c1-4-10-6-11(9(3)7-14)8(2)5-12(10)13/h5-7,9H,4H2,1-3H3. The number of carbonyl (C=O) groups is 1. The van der Waals surface area contributed by atoms with Crippen LogP contribution < -0.4 is 0 Å². The van der Waals surface area contributed by atoms with Crippen LogP contribution in [0.15, 0.2) is 12.1 Å². The Hall–Kier alpha value is -1.18. The van der Waals surface area contributed by atoms with E-state index in [4.69, 9.17) is 0 Å². The SMILES string of the molecule is CCc1cc(C(C)C=O)c(C)cc1F. The van der Waals surface area contributed by atoms with Crippen LogP contribution in [-0.2, 0) is 11.2 Å². The molecule has 0 aromatic heterocycles. The number of aldehydes is 1. The van der Waals surface area contributed by atoms with Gasteiger partial charge in [0.2, 0.25) is 0 Å². The molecule has 0 aliphatic carbocycles. The fourth-order valence-corrected chi connectivity index (χ4v) is 1.57. The van der Waals surface area contributed by atoms with Gasteiger partial charge in [0.25, 0.3) is 0 Å². The van der Waals surface area contributed by atoms with Crippen molar-refractivity contribution in [1.82, 2.24) is 0 Å². The summed E-state index contributed by atoms with van der Waals surface area (Å²) in [5.41, 5.74) is 2.46. The average Bonchev–Trinajstić information content (AvgIpc) is 2.17. The van der Waals surface area contributed by atoms with Gasteiger partial charge in [-0.1, -0.05) is 19.9 Å². The molecular weight excluding hydrogens is 179 g/mol. The van der Waals surface area contributed by atoms with Gasteiger partial charge in [-0.15, -0.1) is 0 Å². The highest BCUT2D eigenvalue weighted by Gasteiger charge is 2.10. The monoisotopic (exact) mass is 194 g/mol. The van der Waals surface area contributed by atoms with Crippen molar-refractivity contribution in [2.45, 2.75) is 33.1 Å². The van der Waals surface area contributed by atoms with Crippen LogP contribution in [0.25, 0.3) is 0 Å². The van der Waals surface area contributed by atoms with Crippen molar-refractivity contribution in [3.63, 3.8) is 0 Å². The second kappa shape index (κ2) is 4.36. The summed E-state index contributed by atoms with van der Waals surface area (Å²) >= 11 is 0. The van der Waals surface area contributed by atoms with Gasteiger partial charge in [-0.25, -0.2) is 4.39 Å². The molecule has 0 amide bonds. The van der Waals surface area contributed by atoms with E-state index in [1.807, 2.05) is 20.8 Å². The summed E-state index contributed by atoms with van der Waals surface area (Å²) in [7, 11) is 0. The summed E-state index contributed by atoms with van der Waals surface area (Å²) in [4.78, 5) is 10.6. The molecule has 1 aromatic rings. The van der Waals surface area contributed by atoms with Crippen LogP contribution in [0.3, 0.4) is 0 Å². The molecular formula is C12H15FO. The Balaban J connectivity index is 3.23. The molecule has 0 bridgehead atoms. The smallest absolute Gasteiger partial charge is 0.127 e. The molecule has 0 saturated heterocycles. The van der Waals surface area contributed by atoms with E-state index in [0.717, 1.165) is 17.4 Å². The first kappa shape index (κ1) is 10.9. The Morgan fingerprint density at radius 1 is 1.50 bits per heavy atom. The first-order valence-electron chi connectivity index (χ1n) is 4.84. The van der Waals surface area contributed by atoms with Gasteiger partial charge in [0.15, 0.2) is 0 Å². The van der Waals surface area contributed by atoms with E-state index in [-0.39, 0.29) is 11.7 Å². The van der Waals surface area contributed by atoms with Crippen LogP contribution >= 0.6 is 0 Å². The molecule has 2 heteroatoms. The summed E-state index contributed by atoms with van der Waals surface area (Å²) < 4.78 is 13.3. The van der Waals surface area contributed by atoms with E-state index in [9.17, 15) is 9.18 Å². The number of hydrogen-bond acceptors (Lipinski definition) is 1. The molecule has 0 aliphatic heterocycles. The van der Waals surface area contributed by atoms with Crippen molar-refractivity contribution in [3.8, 4) is 0 Å². The first-order chi connectivity index (χ1) is 6.60. The summed E-state index contributed by atoms with van der Waals surface area (Å²) in [6.07, 6.45) is 1.55. The Morgan fingerprint density at radius 3 is 2.64 bits per heavy atom. The van der Waals surface area contributed by atoms with Crippen molar-refractivity contribution >= 4 is 6.29 Å². The zero-order valence-corrected chi connectivity index (χ0v) is 8.80. The molecule has 0 radical (unpaired) electrons. The minimum absolute atomic E-state index is 0.152. The minimum Gasteiger partial charge on any atom is -0.303 e. The maximum Gasteiger partial charge on any atom is 0.127 e. The highest BCUT2D eigenvalue weighted by Crippen LogP contribution is 2.22. The summed E-state index contributed by atoms with van der Waals surface area (Å²) in [5, 5.41) is 0. The van der Waals surface area contributed by atoms with Gasteiger partial charge in [-0.2, -0.15) is 0 Å². The predicted molar refractivity (Wildman–Crippen MR) is 55.0 cm³/mol. The number of halogens is 1. The summed E-state index contributed by atoms with van der Waals surface area (Å²) in [6, 6.07) is 3.30. The zero-order chi connectivity index (χ0) is 10.7. The molecule has 1 unspecified atom stereocenters. The lowest BCUT2D eigenvalue weighted by Gasteiger charge is -2.11. The molecule has 0 aliphatic rings. The molecule has 0 saturated carbocycles. The molecule has 1 nitrogen and oxygen atoms in total. The lowest BCUT2D eigenvalue weighted by atomic mass is 9.94. The van der Waals surface area contributed by atoms with Crippen LogP contribution in [-0.4, -0.2) is 6.29 Å². The van der Waals surface area contributed by atoms with Gasteiger partial charge in [0.05, 0.1) is 0 Å². The van der Waals surface area contributed by atoms with Gasteiger partial charge >= 0.3 is 0 Å². The third kappa shape index (κ3) is 2.00. The van der Waals surface area contributed by atoms with Gasteiger partial charge in [0, 0.05) is 5.92 Å². The largest absolute Gasteiger partial charge is 0.303 e. The third-order valence-electron chi connectivity index (χ3n) is 2.51. The van der Waals surface area contributed by atoms with E-state index >= 15 is 0 Å². The van der Waals surface area contributed by atoms with Gasteiger partial charge in [-0.3, -0.25) is 0 Å². The van der Waals surface area contributed by atoms with E-state index in [0.29, 0.717) is 12.0 Å². The molecule has 1 rings (SSSR count). The van der Waals surface area contributed by atoms with E-state index in [2.05, 4.69) is 0 Å². The van der Waals surface area contributed by atoms with Crippen molar-refractivity contribution in [2.75, 3.05) is 0 Å². The number of carbonyl (C=O) groups excluding carboxylic acids is 1. The maximum absolute atomic E-state index is 13.3. The molecule has 0 heterocycles. The highest BCUT2D eigenvalue weighted by atomic mass is 19.1. The summed E-state index contributed by atoms with van der Waals surface area (Å²) in [5.74, 6) is -0.326. The Labute approximate surface area is 83.9 Å². The van der Waals surface area contributed by atoms with Crippen LogP contribution in [0.4, 0.5) is 4.39 Å². The molecule has 76 valence electrons. The maximum atomic E-state index is 13.3.